The number of carbonyl (C=O) groups is 4. The molecular weight excluding hydrogens is 540 g/mol. The highest BCUT2D eigenvalue weighted by Gasteiger charge is 2.36. The first kappa shape index (κ1) is 26.3. The number of hydrogen-bond acceptors (Lipinski definition) is 8. The Balaban J connectivity index is 1.74. The Morgan fingerprint density at radius 1 is 1.11 bits per heavy atom. The quantitative estimate of drug-likeness (QED) is 0.374. The van der Waals surface area contributed by atoms with Gasteiger partial charge in [-0.1, -0.05) is 6.07 Å². The van der Waals surface area contributed by atoms with Gasteiger partial charge in [0.05, 0.1) is 23.6 Å². The first-order valence-electron chi connectivity index (χ1n) is 10.3. The summed E-state index contributed by atoms with van der Waals surface area (Å²) in [7, 11) is 2.68. The lowest BCUT2D eigenvalue weighted by molar-refractivity contribution is -0.143. The Morgan fingerprint density at radius 2 is 1.86 bits per heavy atom. The summed E-state index contributed by atoms with van der Waals surface area (Å²) >= 11 is 4.10. The first-order valence-corrected chi connectivity index (χ1v) is 11.9. The van der Waals surface area contributed by atoms with E-state index in [1.807, 2.05) is 26.0 Å². The smallest absolute Gasteiger partial charge is 0.343 e. The van der Waals surface area contributed by atoms with Crippen molar-refractivity contribution in [3.63, 3.8) is 0 Å². The molecule has 1 saturated heterocycles. The van der Waals surface area contributed by atoms with E-state index in [9.17, 15) is 19.2 Å². The number of ether oxygens (including phenoxy) is 3. The number of hydrogen-bond donors (Lipinski definition) is 1. The van der Waals surface area contributed by atoms with Crippen LogP contribution in [-0.2, 0) is 19.1 Å². The molecule has 2 aromatic carbocycles. The topological polar surface area (TPSA) is 111 Å². The maximum Gasteiger partial charge on any atom is 0.343 e. The molecule has 0 radical (unpaired) electrons. The lowest BCUT2D eigenvalue weighted by Crippen LogP contribution is -2.36. The van der Waals surface area contributed by atoms with Crippen molar-refractivity contribution in [1.29, 1.82) is 0 Å². The minimum Gasteiger partial charge on any atom is -0.493 e. The fourth-order valence-electron chi connectivity index (χ4n) is 3.10. The highest BCUT2D eigenvalue weighted by Crippen LogP contribution is 2.39. The molecule has 3 rings (SSSR count). The van der Waals surface area contributed by atoms with Crippen LogP contribution in [0.1, 0.15) is 16.7 Å². The third kappa shape index (κ3) is 6.43. The van der Waals surface area contributed by atoms with Gasteiger partial charge in [0.15, 0.2) is 18.1 Å². The van der Waals surface area contributed by atoms with E-state index >= 15 is 0 Å². The number of amides is 3. The highest BCUT2D eigenvalue weighted by molar-refractivity contribution is 9.10. The SMILES string of the molecule is COC(=O)COc1c(Br)cc(/C=C2/SC(=O)N(CC(=O)Nc3ccc(C)c(C)c3)C2=O)cc1OC. The molecule has 0 atom stereocenters. The van der Waals surface area contributed by atoms with Gasteiger partial charge in [-0.25, -0.2) is 4.79 Å². The molecule has 0 aliphatic carbocycles. The summed E-state index contributed by atoms with van der Waals surface area (Å²) in [5, 5.41) is 2.17. The van der Waals surface area contributed by atoms with Crippen LogP contribution >= 0.6 is 27.7 Å². The van der Waals surface area contributed by atoms with Crippen molar-refractivity contribution in [2.24, 2.45) is 0 Å². The molecule has 0 bridgehead atoms. The molecule has 9 nitrogen and oxygen atoms in total. The third-order valence-electron chi connectivity index (χ3n) is 5.08. The van der Waals surface area contributed by atoms with Crippen molar-refractivity contribution >= 4 is 62.5 Å². The van der Waals surface area contributed by atoms with Gasteiger partial charge in [0.1, 0.15) is 6.54 Å². The Labute approximate surface area is 214 Å². The summed E-state index contributed by atoms with van der Waals surface area (Å²) < 4.78 is 15.8. The molecule has 2 aromatic rings. The Kier molecular flexibility index (Phi) is 8.57. The van der Waals surface area contributed by atoms with Gasteiger partial charge in [-0.3, -0.25) is 19.3 Å². The molecule has 0 unspecified atom stereocenters. The summed E-state index contributed by atoms with van der Waals surface area (Å²) in [6, 6.07) is 8.71. The van der Waals surface area contributed by atoms with E-state index < -0.39 is 29.6 Å². The maximum absolute atomic E-state index is 12.8. The zero-order chi connectivity index (χ0) is 25.7. The van der Waals surface area contributed by atoms with Gasteiger partial charge in [0.2, 0.25) is 5.91 Å². The predicted molar refractivity (Wildman–Crippen MR) is 135 cm³/mol. The zero-order valence-corrected chi connectivity index (χ0v) is 21.9. The van der Waals surface area contributed by atoms with Crippen LogP contribution in [0.15, 0.2) is 39.7 Å². The van der Waals surface area contributed by atoms with Gasteiger partial charge in [-0.2, -0.15) is 0 Å². The summed E-state index contributed by atoms with van der Waals surface area (Å²) in [6.45, 7) is 3.18. The van der Waals surface area contributed by atoms with Gasteiger partial charge in [-0.15, -0.1) is 0 Å². The number of halogens is 1. The molecule has 0 aromatic heterocycles. The van der Waals surface area contributed by atoms with Crippen LogP contribution in [0, 0.1) is 13.8 Å². The molecule has 1 fully saturated rings. The Hall–Kier alpha value is -3.31. The second kappa shape index (κ2) is 11.4. The average Bonchev–Trinajstić information content (AvgIpc) is 3.07. The second-order valence-corrected chi connectivity index (χ2v) is 9.36. The standard InChI is InChI=1S/C24H23BrN2O7S/c1-13-5-6-16(7-14(13)2)26-20(28)11-27-23(30)19(35-24(27)31)10-15-8-17(25)22(18(9-15)32-3)34-12-21(29)33-4/h5-10H,11-12H2,1-4H3,(H,26,28)/b19-10+. The summed E-state index contributed by atoms with van der Waals surface area (Å²) in [5.74, 6) is -1.02. The van der Waals surface area contributed by atoms with E-state index in [1.165, 1.54) is 20.3 Å². The molecule has 1 aliphatic rings. The number of benzene rings is 2. The predicted octanol–water partition coefficient (Wildman–Crippen LogP) is 4.30. The van der Waals surface area contributed by atoms with Crippen molar-refractivity contribution in [3.05, 3.63) is 56.4 Å². The molecule has 11 heteroatoms. The zero-order valence-electron chi connectivity index (χ0n) is 19.5. The fraction of sp³-hybridized carbons (Fsp3) is 0.250. The Morgan fingerprint density at radius 3 is 2.51 bits per heavy atom. The van der Waals surface area contributed by atoms with Crippen molar-refractivity contribution in [3.8, 4) is 11.5 Å². The summed E-state index contributed by atoms with van der Waals surface area (Å²) in [4.78, 5) is 50.2. The number of imide groups is 1. The maximum atomic E-state index is 12.8. The number of nitrogens with one attached hydrogen (secondary N) is 1. The summed E-state index contributed by atoms with van der Waals surface area (Å²) in [5.41, 5.74) is 3.24. The van der Waals surface area contributed by atoms with E-state index in [0.717, 1.165) is 27.8 Å². The van der Waals surface area contributed by atoms with Crippen LogP contribution < -0.4 is 14.8 Å². The van der Waals surface area contributed by atoms with Crippen LogP contribution in [0.3, 0.4) is 0 Å². The number of esters is 1. The molecule has 1 heterocycles. The highest BCUT2D eigenvalue weighted by atomic mass is 79.9. The van der Waals surface area contributed by atoms with Crippen LogP contribution in [0.5, 0.6) is 11.5 Å². The van der Waals surface area contributed by atoms with Crippen molar-refractivity contribution in [2.75, 3.05) is 32.7 Å². The minimum atomic E-state index is -0.573. The number of carbonyl (C=O) groups excluding carboxylic acids is 4. The monoisotopic (exact) mass is 562 g/mol. The number of anilines is 1. The van der Waals surface area contributed by atoms with Gasteiger partial charge in [-0.05, 0) is 88.6 Å². The van der Waals surface area contributed by atoms with E-state index in [0.29, 0.717) is 21.5 Å². The number of rotatable bonds is 8. The lowest BCUT2D eigenvalue weighted by atomic mass is 10.1. The van der Waals surface area contributed by atoms with Crippen LogP contribution in [0.25, 0.3) is 6.08 Å². The van der Waals surface area contributed by atoms with Crippen LogP contribution in [-0.4, -0.2) is 55.3 Å². The normalized spacial score (nSPS) is 14.3. The molecule has 1 N–H and O–H groups in total. The number of methoxy groups -OCH3 is 2. The third-order valence-corrected chi connectivity index (χ3v) is 6.57. The van der Waals surface area contributed by atoms with Gasteiger partial charge in [0, 0.05) is 5.69 Å². The van der Waals surface area contributed by atoms with Crippen LogP contribution in [0.2, 0.25) is 0 Å². The van der Waals surface area contributed by atoms with Crippen molar-refractivity contribution < 1.29 is 33.4 Å². The molecule has 1 aliphatic heterocycles. The lowest BCUT2D eigenvalue weighted by Gasteiger charge is -2.13. The van der Waals surface area contributed by atoms with Crippen LogP contribution in [0.4, 0.5) is 10.5 Å². The first-order chi connectivity index (χ1) is 16.6. The molecule has 0 spiro atoms. The molecule has 0 saturated carbocycles. The average molecular weight is 563 g/mol. The Bertz CT molecular complexity index is 1230. The molecular formula is C24H23BrN2O7S. The van der Waals surface area contributed by atoms with E-state index in [1.54, 1.807) is 18.2 Å². The molecule has 3 amide bonds. The minimum absolute atomic E-state index is 0.158. The van der Waals surface area contributed by atoms with E-state index in [-0.39, 0.29) is 17.3 Å². The fourth-order valence-corrected chi connectivity index (χ4v) is 4.52. The van der Waals surface area contributed by atoms with Crippen molar-refractivity contribution in [2.45, 2.75) is 13.8 Å². The summed E-state index contributed by atoms with van der Waals surface area (Å²) in [6.07, 6.45) is 1.52. The van der Waals surface area contributed by atoms with Gasteiger partial charge >= 0.3 is 5.97 Å². The van der Waals surface area contributed by atoms with E-state index in [2.05, 4.69) is 26.0 Å². The molecule has 184 valence electrons. The number of aryl methyl sites for hydroxylation is 2. The van der Waals surface area contributed by atoms with Crippen molar-refractivity contribution in [1.82, 2.24) is 4.90 Å². The van der Waals surface area contributed by atoms with Gasteiger partial charge in [0.25, 0.3) is 11.1 Å². The molecule has 35 heavy (non-hydrogen) atoms. The number of thioether (sulfide) groups is 1. The second-order valence-electron chi connectivity index (χ2n) is 7.51. The van der Waals surface area contributed by atoms with E-state index in [4.69, 9.17) is 9.47 Å². The number of nitrogens with zero attached hydrogens (tertiary/aromatic N) is 1. The van der Waals surface area contributed by atoms with Gasteiger partial charge < -0.3 is 19.5 Å². The largest absolute Gasteiger partial charge is 0.493 e.